The van der Waals surface area contributed by atoms with Crippen LogP contribution in [0.2, 0.25) is 0 Å². The van der Waals surface area contributed by atoms with Gasteiger partial charge >= 0.3 is 0 Å². The molecular formula is C14H19N3O. The molecule has 0 radical (unpaired) electrons. The molecular weight excluding hydrogens is 226 g/mol. The fourth-order valence-electron chi connectivity index (χ4n) is 2.08. The third-order valence-corrected chi connectivity index (χ3v) is 3.01. The molecule has 0 saturated carbocycles. The molecule has 0 N–H and O–H groups in total. The maximum atomic E-state index is 12.2. The Balaban J connectivity index is 2.77. The summed E-state index contributed by atoms with van der Waals surface area (Å²) in [6, 6.07) is 5.94. The van der Waals surface area contributed by atoms with E-state index in [2.05, 4.69) is 23.2 Å². The first-order valence-electron chi connectivity index (χ1n) is 6.13. The number of hydrogen-bond donors (Lipinski definition) is 0. The van der Waals surface area contributed by atoms with E-state index in [9.17, 15) is 4.79 Å². The second-order valence-electron chi connectivity index (χ2n) is 5.06. The summed E-state index contributed by atoms with van der Waals surface area (Å²) in [5.41, 5.74) is 2.52. The molecule has 4 heteroatoms. The molecule has 96 valence electrons. The van der Waals surface area contributed by atoms with Crippen LogP contribution in [-0.4, -0.2) is 34.3 Å². The molecule has 0 unspecified atom stereocenters. The van der Waals surface area contributed by atoms with Crippen LogP contribution in [0, 0.1) is 6.92 Å². The third kappa shape index (κ3) is 1.88. The molecule has 2 aromatic rings. The Kier molecular flexibility index (Phi) is 3.11. The van der Waals surface area contributed by atoms with E-state index in [4.69, 9.17) is 0 Å². The number of carbonyl (C=O) groups is 1. The highest BCUT2D eigenvalue weighted by Gasteiger charge is 2.20. The van der Waals surface area contributed by atoms with Gasteiger partial charge in [-0.2, -0.15) is 0 Å². The lowest BCUT2D eigenvalue weighted by Gasteiger charge is -2.08. The van der Waals surface area contributed by atoms with Gasteiger partial charge in [0, 0.05) is 25.7 Å². The number of aryl methyl sites for hydroxylation is 1. The van der Waals surface area contributed by atoms with E-state index in [1.165, 1.54) is 0 Å². The average molecular weight is 245 g/mol. The van der Waals surface area contributed by atoms with Gasteiger partial charge in [0.2, 0.25) is 0 Å². The number of nitrogens with zero attached hydrogens (tertiary/aromatic N) is 3. The summed E-state index contributed by atoms with van der Waals surface area (Å²) in [6.45, 7) is 6.21. The van der Waals surface area contributed by atoms with Crippen LogP contribution >= 0.6 is 0 Å². The molecule has 0 bridgehead atoms. The van der Waals surface area contributed by atoms with Gasteiger partial charge in [0.1, 0.15) is 5.82 Å². The third-order valence-electron chi connectivity index (χ3n) is 3.01. The minimum absolute atomic E-state index is 0.0509. The monoisotopic (exact) mass is 245 g/mol. The minimum atomic E-state index is -0.0509. The molecule has 0 aliphatic rings. The Bertz CT molecular complexity index is 596. The molecule has 0 spiro atoms. The van der Waals surface area contributed by atoms with Crippen molar-refractivity contribution >= 4 is 11.4 Å². The molecule has 0 fully saturated rings. The van der Waals surface area contributed by atoms with Gasteiger partial charge in [0.15, 0.2) is 5.69 Å². The fourth-order valence-corrected chi connectivity index (χ4v) is 2.08. The van der Waals surface area contributed by atoms with E-state index < -0.39 is 0 Å². The van der Waals surface area contributed by atoms with Crippen molar-refractivity contribution in [1.29, 1.82) is 0 Å². The molecule has 1 amide bonds. The maximum Gasteiger partial charge on any atom is 0.274 e. The quantitative estimate of drug-likeness (QED) is 0.815. The molecule has 2 heterocycles. The lowest BCUT2D eigenvalue weighted by Crippen LogP contribution is -2.22. The number of imidazole rings is 1. The zero-order chi connectivity index (χ0) is 13.4. The van der Waals surface area contributed by atoms with Crippen molar-refractivity contribution in [2.24, 2.45) is 0 Å². The number of hydrogen-bond acceptors (Lipinski definition) is 2. The Morgan fingerprint density at radius 1 is 1.33 bits per heavy atom. The van der Waals surface area contributed by atoms with Crippen LogP contribution in [0.25, 0.3) is 5.52 Å². The first-order chi connectivity index (χ1) is 8.43. The van der Waals surface area contributed by atoms with E-state index >= 15 is 0 Å². The molecule has 18 heavy (non-hydrogen) atoms. The summed E-state index contributed by atoms with van der Waals surface area (Å²) in [5.74, 6) is 1.17. The van der Waals surface area contributed by atoms with E-state index in [1.54, 1.807) is 19.0 Å². The van der Waals surface area contributed by atoms with E-state index in [0.717, 1.165) is 17.0 Å². The van der Waals surface area contributed by atoms with Gasteiger partial charge in [0.05, 0.1) is 5.52 Å². The van der Waals surface area contributed by atoms with Crippen LogP contribution in [0.1, 0.15) is 41.8 Å². The molecule has 0 atom stereocenters. The number of pyridine rings is 1. The smallest absolute Gasteiger partial charge is 0.274 e. The average Bonchev–Trinajstić information content (AvgIpc) is 2.69. The van der Waals surface area contributed by atoms with Crippen LogP contribution in [0.3, 0.4) is 0 Å². The van der Waals surface area contributed by atoms with Crippen LogP contribution in [0.5, 0.6) is 0 Å². The van der Waals surface area contributed by atoms with Crippen LogP contribution in [0.15, 0.2) is 18.2 Å². The molecule has 4 nitrogen and oxygen atoms in total. The number of carbonyl (C=O) groups excluding carboxylic acids is 1. The molecule has 0 aliphatic carbocycles. The normalized spacial score (nSPS) is 11.2. The van der Waals surface area contributed by atoms with Crippen molar-refractivity contribution in [3.63, 3.8) is 0 Å². The van der Waals surface area contributed by atoms with Crippen molar-refractivity contribution in [1.82, 2.24) is 14.3 Å². The number of rotatable bonds is 2. The standard InChI is InChI=1S/C14H19N3O/c1-9(2)13-15-12(14(18)16(4)5)11-8-6-7-10(3)17(11)13/h6-9H,1-5H3. The predicted molar refractivity (Wildman–Crippen MR) is 72.0 cm³/mol. The number of aromatic nitrogens is 2. The molecule has 0 saturated heterocycles. The number of fused-ring (bicyclic) bond motifs is 1. The zero-order valence-electron chi connectivity index (χ0n) is 11.6. The van der Waals surface area contributed by atoms with Crippen LogP contribution < -0.4 is 0 Å². The molecule has 2 aromatic heterocycles. The zero-order valence-corrected chi connectivity index (χ0v) is 11.6. The summed E-state index contributed by atoms with van der Waals surface area (Å²) < 4.78 is 2.07. The Morgan fingerprint density at radius 3 is 2.56 bits per heavy atom. The topological polar surface area (TPSA) is 37.6 Å². The van der Waals surface area contributed by atoms with Crippen LogP contribution in [0.4, 0.5) is 0 Å². The van der Waals surface area contributed by atoms with Gasteiger partial charge in [-0.15, -0.1) is 0 Å². The maximum absolute atomic E-state index is 12.2. The Morgan fingerprint density at radius 2 is 2.00 bits per heavy atom. The minimum Gasteiger partial charge on any atom is -0.343 e. The van der Waals surface area contributed by atoms with Crippen molar-refractivity contribution in [2.75, 3.05) is 14.1 Å². The van der Waals surface area contributed by atoms with Gasteiger partial charge in [0.25, 0.3) is 5.91 Å². The molecule has 2 rings (SSSR count). The summed E-state index contributed by atoms with van der Waals surface area (Å²) in [5, 5.41) is 0. The summed E-state index contributed by atoms with van der Waals surface area (Å²) >= 11 is 0. The predicted octanol–water partition coefficient (Wildman–Crippen LogP) is 2.47. The van der Waals surface area contributed by atoms with Gasteiger partial charge in [-0.25, -0.2) is 4.98 Å². The highest BCUT2D eigenvalue weighted by Crippen LogP contribution is 2.22. The second-order valence-corrected chi connectivity index (χ2v) is 5.06. The highest BCUT2D eigenvalue weighted by molar-refractivity contribution is 5.98. The summed E-state index contributed by atoms with van der Waals surface area (Å²) in [6.07, 6.45) is 0. The second kappa shape index (κ2) is 4.44. The van der Waals surface area contributed by atoms with Crippen molar-refractivity contribution in [3.05, 3.63) is 35.4 Å². The lowest BCUT2D eigenvalue weighted by atomic mass is 10.2. The van der Waals surface area contributed by atoms with Gasteiger partial charge in [-0.3, -0.25) is 9.20 Å². The Labute approximate surface area is 107 Å². The van der Waals surface area contributed by atoms with E-state index in [0.29, 0.717) is 5.69 Å². The fraction of sp³-hybridized carbons (Fsp3) is 0.429. The summed E-state index contributed by atoms with van der Waals surface area (Å²) in [7, 11) is 3.50. The van der Waals surface area contributed by atoms with Crippen molar-refractivity contribution in [3.8, 4) is 0 Å². The number of amides is 1. The Hall–Kier alpha value is -1.84. The lowest BCUT2D eigenvalue weighted by molar-refractivity contribution is 0.0824. The van der Waals surface area contributed by atoms with Gasteiger partial charge in [-0.05, 0) is 19.1 Å². The highest BCUT2D eigenvalue weighted by atomic mass is 16.2. The summed E-state index contributed by atoms with van der Waals surface area (Å²) in [4.78, 5) is 18.3. The molecule has 0 aromatic carbocycles. The largest absolute Gasteiger partial charge is 0.343 e. The first kappa shape index (κ1) is 12.6. The van der Waals surface area contributed by atoms with Crippen molar-refractivity contribution in [2.45, 2.75) is 26.7 Å². The SMILES string of the molecule is Cc1cccc2c(C(=O)N(C)C)nc(C(C)C)n12. The van der Waals surface area contributed by atoms with Gasteiger partial charge in [-0.1, -0.05) is 19.9 Å². The van der Waals surface area contributed by atoms with Gasteiger partial charge < -0.3 is 4.90 Å². The van der Waals surface area contributed by atoms with Crippen LogP contribution in [-0.2, 0) is 0 Å². The first-order valence-corrected chi connectivity index (χ1v) is 6.13. The van der Waals surface area contributed by atoms with Crippen molar-refractivity contribution < 1.29 is 4.79 Å². The van der Waals surface area contributed by atoms with E-state index in [1.807, 2.05) is 25.1 Å². The van der Waals surface area contributed by atoms with E-state index in [-0.39, 0.29) is 11.8 Å². The molecule has 0 aliphatic heterocycles.